The summed E-state index contributed by atoms with van der Waals surface area (Å²) in [6, 6.07) is 3.94. The van der Waals surface area contributed by atoms with E-state index in [1.54, 1.807) is 6.07 Å². The van der Waals surface area contributed by atoms with E-state index in [1.165, 1.54) is 6.07 Å². The molecule has 1 nitrogen and oxygen atoms in total. The average Bonchev–Trinajstić information content (AvgIpc) is 2.14. The Kier molecular flexibility index (Phi) is 4.21. The molecule has 1 aromatic rings. The van der Waals surface area contributed by atoms with Gasteiger partial charge in [0.2, 0.25) is 0 Å². The maximum atomic E-state index is 12.5. The summed E-state index contributed by atoms with van der Waals surface area (Å²) in [6.45, 7) is 1.82. The van der Waals surface area contributed by atoms with Gasteiger partial charge in [-0.1, -0.05) is 17.7 Å². The van der Waals surface area contributed by atoms with Crippen molar-refractivity contribution in [3.8, 4) is 0 Å². The molecule has 0 aliphatic rings. The van der Waals surface area contributed by atoms with Gasteiger partial charge < -0.3 is 5.73 Å². The minimum absolute atomic E-state index is 0.0231. The Balaban J connectivity index is 2.90. The Bertz CT molecular complexity index is 361. The Hall–Kier alpha value is -0.740. The first kappa shape index (κ1) is 13.3. The number of nitrogens with two attached hydrogens (primary N) is 1. The predicted octanol–water partition coefficient (Wildman–Crippen LogP) is 3.64. The normalized spacial score (nSPS) is 13.9. The molecule has 0 bridgehead atoms. The van der Waals surface area contributed by atoms with E-state index >= 15 is 0 Å². The second-order valence-corrected chi connectivity index (χ2v) is 4.24. The Morgan fingerprint density at radius 1 is 1.38 bits per heavy atom. The van der Waals surface area contributed by atoms with Crippen LogP contribution in [0.1, 0.15) is 24.5 Å². The molecule has 0 aromatic heterocycles. The van der Waals surface area contributed by atoms with Crippen molar-refractivity contribution in [1.82, 2.24) is 0 Å². The van der Waals surface area contributed by atoms with Gasteiger partial charge in [0, 0.05) is 6.04 Å². The number of aryl methyl sites for hydroxylation is 1. The second kappa shape index (κ2) is 5.06. The number of halogens is 4. The van der Waals surface area contributed by atoms with Crippen LogP contribution in [-0.2, 0) is 12.6 Å². The van der Waals surface area contributed by atoms with Gasteiger partial charge >= 0.3 is 6.18 Å². The molecule has 0 unspecified atom stereocenters. The molecule has 90 valence electrons. The van der Waals surface area contributed by atoms with Crippen molar-refractivity contribution in [3.05, 3.63) is 34.3 Å². The van der Waals surface area contributed by atoms with Crippen molar-refractivity contribution >= 4 is 11.6 Å². The highest BCUT2D eigenvalue weighted by Gasteiger charge is 2.33. The minimum atomic E-state index is -4.40. The topological polar surface area (TPSA) is 26.0 Å². The lowest BCUT2D eigenvalue weighted by atomic mass is 10.0. The van der Waals surface area contributed by atoms with E-state index in [9.17, 15) is 13.2 Å². The highest BCUT2D eigenvalue weighted by Crippen LogP contribution is 2.35. The van der Waals surface area contributed by atoms with Crippen molar-refractivity contribution in [2.75, 3.05) is 0 Å². The minimum Gasteiger partial charge on any atom is -0.328 e. The van der Waals surface area contributed by atoms with E-state index in [0.29, 0.717) is 18.4 Å². The van der Waals surface area contributed by atoms with Gasteiger partial charge in [0.1, 0.15) is 0 Å². The lowest BCUT2D eigenvalue weighted by Crippen LogP contribution is -2.15. The quantitative estimate of drug-likeness (QED) is 0.872. The van der Waals surface area contributed by atoms with E-state index in [0.717, 1.165) is 6.07 Å². The summed E-state index contributed by atoms with van der Waals surface area (Å²) in [4.78, 5) is 0. The third-order valence-electron chi connectivity index (χ3n) is 2.22. The summed E-state index contributed by atoms with van der Waals surface area (Å²) in [5, 5.41) is -0.267. The van der Waals surface area contributed by atoms with Gasteiger partial charge in [-0.15, -0.1) is 0 Å². The van der Waals surface area contributed by atoms with Crippen LogP contribution >= 0.6 is 11.6 Å². The smallest absolute Gasteiger partial charge is 0.328 e. The van der Waals surface area contributed by atoms with Crippen molar-refractivity contribution in [1.29, 1.82) is 0 Å². The fraction of sp³-hybridized carbons (Fsp3) is 0.455. The molecule has 0 saturated carbocycles. The molecular weight excluding hydrogens is 239 g/mol. The maximum absolute atomic E-state index is 12.5. The van der Waals surface area contributed by atoms with Crippen LogP contribution in [-0.4, -0.2) is 6.04 Å². The zero-order chi connectivity index (χ0) is 12.3. The molecule has 1 atom stereocenters. The first-order valence-corrected chi connectivity index (χ1v) is 5.29. The summed E-state index contributed by atoms with van der Waals surface area (Å²) in [5.41, 5.74) is 5.37. The first-order chi connectivity index (χ1) is 7.30. The van der Waals surface area contributed by atoms with Gasteiger partial charge in [0.15, 0.2) is 0 Å². The van der Waals surface area contributed by atoms with Gasteiger partial charge in [-0.25, -0.2) is 0 Å². The van der Waals surface area contributed by atoms with Gasteiger partial charge in [-0.2, -0.15) is 13.2 Å². The van der Waals surface area contributed by atoms with Crippen LogP contribution in [0, 0.1) is 0 Å². The Labute approximate surface area is 97.4 Å². The molecule has 0 radical (unpaired) electrons. The Morgan fingerprint density at radius 2 is 2.00 bits per heavy atom. The molecular formula is C11H13ClF3N. The molecule has 1 rings (SSSR count). The van der Waals surface area contributed by atoms with Gasteiger partial charge in [-0.05, 0) is 37.5 Å². The molecule has 0 fully saturated rings. The molecule has 0 amide bonds. The second-order valence-electron chi connectivity index (χ2n) is 3.83. The molecule has 0 heterocycles. The number of hydrogen-bond acceptors (Lipinski definition) is 1. The molecule has 0 saturated heterocycles. The SMILES string of the molecule is C[C@@H](N)CCc1ccc(Cl)c(C(F)(F)F)c1. The third kappa shape index (κ3) is 3.68. The van der Waals surface area contributed by atoms with Crippen LogP contribution < -0.4 is 5.73 Å². The highest BCUT2D eigenvalue weighted by atomic mass is 35.5. The van der Waals surface area contributed by atoms with Crippen LogP contribution in [0.2, 0.25) is 5.02 Å². The van der Waals surface area contributed by atoms with Crippen molar-refractivity contribution in [2.45, 2.75) is 32.0 Å². The summed E-state index contributed by atoms with van der Waals surface area (Å²) in [5.74, 6) is 0. The fourth-order valence-corrected chi connectivity index (χ4v) is 1.56. The predicted molar refractivity (Wildman–Crippen MR) is 58.4 cm³/mol. The van der Waals surface area contributed by atoms with E-state index < -0.39 is 11.7 Å². The summed E-state index contributed by atoms with van der Waals surface area (Å²) in [6.07, 6.45) is -3.22. The molecule has 1 aromatic carbocycles. The van der Waals surface area contributed by atoms with E-state index in [-0.39, 0.29) is 11.1 Å². The molecule has 0 spiro atoms. The number of alkyl halides is 3. The standard InChI is InChI=1S/C11H13ClF3N/c1-7(16)2-3-8-4-5-10(12)9(6-8)11(13,14)15/h4-7H,2-3,16H2,1H3/t7-/m1/s1. The van der Waals surface area contributed by atoms with E-state index in [2.05, 4.69) is 0 Å². The first-order valence-electron chi connectivity index (χ1n) is 4.92. The Morgan fingerprint density at radius 3 is 2.50 bits per heavy atom. The monoisotopic (exact) mass is 251 g/mol. The van der Waals surface area contributed by atoms with Crippen LogP contribution in [0.25, 0.3) is 0 Å². The van der Waals surface area contributed by atoms with E-state index in [4.69, 9.17) is 17.3 Å². The van der Waals surface area contributed by atoms with Crippen LogP contribution in [0.5, 0.6) is 0 Å². The molecule has 16 heavy (non-hydrogen) atoms. The van der Waals surface area contributed by atoms with Crippen LogP contribution in [0.15, 0.2) is 18.2 Å². The molecule has 2 N–H and O–H groups in total. The van der Waals surface area contributed by atoms with Gasteiger partial charge in [0.05, 0.1) is 10.6 Å². The maximum Gasteiger partial charge on any atom is 0.417 e. The summed E-state index contributed by atoms with van der Waals surface area (Å²) < 4.78 is 37.6. The zero-order valence-corrected chi connectivity index (χ0v) is 9.57. The molecule has 0 aliphatic carbocycles. The van der Waals surface area contributed by atoms with Gasteiger partial charge in [0.25, 0.3) is 0 Å². The third-order valence-corrected chi connectivity index (χ3v) is 2.55. The molecule has 5 heteroatoms. The average molecular weight is 252 g/mol. The van der Waals surface area contributed by atoms with E-state index in [1.807, 2.05) is 6.92 Å². The molecule has 0 aliphatic heterocycles. The number of hydrogen-bond donors (Lipinski definition) is 1. The van der Waals surface area contributed by atoms with Crippen molar-refractivity contribution in [2.24, 2.45) is 5.73 Å². The van der Waals surface area contributed by atoms with Crippen molar-refractivity contribution < 1.29 is 13.2 Å². The lowest BCUT2D eigenvalue weighted by Gasteiger charge is -2.11. The fourth-order valence-electron chi connectivity index (χ4n) is 1.34. The highest BCUT2D eigenvalue weighted by molar-refractivity contribution is 6.31. The lowest BCUT2D eigenvalue weighted by molar-refractivity contribution is -0.137. The number of rotatable bonds is 3. The van der Waals surface area contributed by atoms with Gasteiger partial charge in [-0.3, -0.25) is 0 Å². The van der Waals surface area contributed by atoms with Crippen LogP contribution in [0.3, 0.4) is 0 Å². The summed E-state index contributed by atoms with van der Waals surface area (Å²) >= 11 is 5.50. The zero-order valence-electron chi connectivity index (χ0n) is 8.81. The van der Waals surface area contributed by atoms with Crippen LogP contribution in [0.4, 0.5) is 13.2 Å². The largest absolute Gasteiger partial charge is 0.417 e. The number of benzene rings is 1. The van der Waals surface area contributed by atoms with Crippen molar-refractivity contribution in [3.63, 3.8) is 0 Å². The summed E-state index contributed by atoms with van der Waals surface area (Å²) in [7, 11) is 0.